The van der Waals surface area contributed by atoms with Gasteiger partial charge in [-0.2, -0.15) is 0 Å². The number of imidazole rings is 1. The Morgan fingerprint density at radius 2 is 1.71 bits per heavy atom. The molecule has 0 saturated heterocycles. The molecule has 0 bridgehead atoms. The molecule has 3 aromatic carbocycles. The average Bonchev–Trinajstić information content (AvgIpc) is 3.28. The van der Waals surface area contributed by atoms with E-state index in [0.717, 1.165) is 28.1 Å². The predicted molar refractivity (Wildman–Crippen MR) is 140 cm³/mol. The van der Waals surface area contributed by atoms with Crippen LogP contribution in [0.4, 0.5) is 5.95 Å². The van der Waals surface area contributed by atoms with Crippen molar-refractivity contribution >= 4 is 17.8 Å². The van der Waals surface area contributed by atoms with Crippen LogP contribution in [0.5, 0.6) is 0 Å². The fraction of sp³-hybridized carbons (Fsp3) is 0.138. The van der Waals surface area contributed by atoms with Gasteiger partial charge in [-0.15, -0.1) is 6.58 Å². The zero-order valence-electron chi connectivity index (χ0n) is 19.9. The second-order valence-corrected chi connectivity index (χ2v) is 8.41. The quantitative estimate of drug-likeness (QED) is 0.354. The van der Waals surface area contributed by atoms with Gasteiger partial charge in [0.2, 0.25) is 11.9 Å². The van der Waals surface area contributed by atoms with E-state index in [1.165, 1.54) is 4.90 Å². The number of nitrogens with one attached hydrogen (secondary N) is 1. The van der Waals surface area contributed by atoms with Gasteiger partial charge in [0.15, 0.2) is 0 Å². The number of hydrogen-bond acceptors (Lipinski definition) is 3. The number of amides is 2. The summed E-state index contributed by atoms with van der Waals surface area (Å²) in [5, 5.41) is 2.91. The van der Waals surface area contributed by atoms with Crippen molar-refractivity contribution in [1.29, 1.82) is 0 Å². The van der Waals surface area contributed by atoms with Crippen molar-refractivity contribution in [3.63, 3.8) is 0 Å². The molecular weight excluding hydrogens is 436 g/mol. The average molecular weight is 465 g/mol. The minimum Gasteiger partial charge on any atom is -0.326 e. The maximum Gasteiger partial charge on any atom is 0.254 e. The summed E-state index contributed by atoms with van der Waals surface area (Å²) in [5.41, 5.74) is 5.24. The van der Waals surface area contributed by atoms with E-state index in [-0.39, 0.29) is 24.9 Å². The second-order valence-electron chi connectivity index (χ2n) is 8.41. The first-order chi connectivity index (χ1) is 16.9. The minimum atomic E-state index is -0.341. The normalized spacial score (nSPS) is 10.6. The molecule has 0 aliphatic carbocycles. The van der Waals surface area contributed by atoms with E-state index in [0.29, 0.717) is 11.5 Å². The zero-order chi connectivity index (χ0) is 24.8. The van der Waals surface area contributed by atoms with Crippen molar-refractivity contribution in [2.75, 3.05) is 18.4 Å². The third-order valence-corrected chi connectivity index (χ3v) is 5.58. The topological polar surface area (TPSA) is 67.2 Å². The van der Waals surface area contributed by atoms with Crippen LogP contribution in [0, 0.1) is 13.8 Å². The molecule has 6 nitrogen and oxygen atoms in total. The van der Waals surface area contributed by atoms with Gasteiger partial charge in [-0.3, -0.25) is 19.5 Å². The van der Waals surface area contributed by atoms with E-state index >= 15 is 0 Å². The lowest BCUT2D eigenvalue weighted by atomic mass is 10.1. The molecule has 0 radical (unpaired) electrons. The summed E-state index contributed by atoms with van der Waals surface area (Å²) >= 11 is 0. The summed E-state index contributed by atoms with van der Waals surface area (Å²) in [4.78, 5) is 32.3. The Bertz CT molecular complexity index is 1340. The van der Waals surface area contributed by atoms with Crippen molar-refractivity contribution in [3.05, 3.63) is 114 Å². The Hall–Kier alpha value is -4.45. The second kappa shape index (κ2) is 10.7. The van der Waals surface area contributed by atoms with Crippen LogP contribution in [0.15, 0.2) is 97.7 Å². The molecule has 4 rings (SSSR count). The number of benzene rings is 3. The maximum absolute atomic E-state index is 13.1. The van der Waals surface area contributed by atoms with Crippen LogP contribution in [0.1, 0.15) is 21.5 Å². The number of aryl methyl sites for hydroxylation is 2. The summed E-state index contributed by atoms with van der Waals surface area (Å²) in [7, 11) is 0. The molecule has 176 valence electrons. The van der Waals surface area contributed by atoms with Gasteiger partial charge >= 0.3 is 0 Å². The van der Waals surface area contributed by atoms with Crippen LogP contribution in [0.3, 0.4) is 0 Å². The number of anilines is 1. The van der Waals surface area contributed by atoms with Gasteiger partial charge in [0.1, 0.15) is 6.54 Å². The van der Waals surface area contributed by atoms with E-state index < -0.39 is 0 Å². The number of aromatic nitrogens is 2. The molecule has 35 heavy (non-hydrogen) atoms. The van der Waals surface area contributed by atoms with Gasteiger partial charge in [0.05, 0.1) is 5.69 Å². The predicted octanol–water partition coefficient (Wildman–Crippen LogP) is 5.42. The molecule has 0 fully saturated rings. The van der Waals surface area contributed by atoms with E-state index in [2.05, 4.69) is 11.9 Å². The molecule has 0 atom stereocenters. The van der Waals surface area contributed by atoms with Gasteiger partial charge in [-0.25, -0.2) is 4.98 Å². The maximum atomic E-state index is 13.1. The molecule has 2 amide bonds. The Balaban J connectivity index is 1.60. The highest BCUT2D eigenvalue weighted by Gasteiger charge is 2.20. The van der Waals surface area contributed by atoms with Crippen LogP contribution in [0.2, 0.25) is 0 Å². The summed E-state index contributed by atoms with van der Waals surface area (Å²) in [6.45, 7) is 7.84. The number of hydrogen-bond donors (Lipinski definition) is 1. The molecule has 0 aliphatic heterocycles. The van der Waals surface area contributed by atoms with E-state index in [4.69, 9.17) is 4.98 Å². The first-order valence-electron chi connectivity index (χ1n) is 11.4. The summed E-state index contributed by atoms with van der Waals surface area (Å²) in [6, 6.07) is 25.0. The molecule has 0 aliphatic rings. The Labute approximate surface area is 205 Å². The highest BCUT2D eigenvalue weighted by molar-refractivity contribution is 5.99. The van der Waals surface area contributed by atoms with Crippen LogP contribution in [-0.2, 0) is 4.79 Å². The number of carbonyl (C=O) groups is 2. The lowest BCUT2D eigenvalue weighted by Gasteiger charge is -2.21. The SMILES string of the molecule is C=CCN(CC(=O)Nc1nc(-c2ccccc2)cn1-c1cccc(C)c1)C(=O)c1ccc(C)cc1. The van der Waals surface area contributed by atoms with Crippen LogP contribution in [0.25, 0.3) is 16.9 Å². The summed E-state index contributed by atoms with van der Waals surface area (Å²) in [6.07, 6.45) is 3.51. The molecule has 1 N–H and O–H groups in total. The zero-order valence-corrected chi connectivity index (χ0v) is 19.9. The lowest BCUT2D eigenvalue weighted by molar-refractivity contribution is -0.116. The van der Waals surface area contributed by atoms with Crippen molar-refractivity contribution in [3.8, 4) is 16.9 Å². The molecule has 0 unspecified atom stereocenters. The Morgan fingerprint density at radius 1 is 0.971 bits per heavy atom. The summed E-state index contributed by atoms with van der Waals surface area (Å²) < 4.78 is 1.85. The molecule has 1 aromatic heterocycles. The number of carbonyl (C=O) groups excluding carboxylic acids is 2. The third kappa shape index (κ3) is 5.73. The smallest absolute Gasteiger partial charge is 0.254 e. The van der Waals surface area contributed by atoms with Crippen LogP contribution in [-0.4, -0.2) is 39.4 Å². The van der Waals surface area contributed by atoms with Gasteiger partial charge < -0.3 is 4.90 Å². The van der Waals surface area contributed by atoms with Crippen LogP contribution < -0.4 is 5.32 Å². The van der Waals surface area contributed by atoms with Crippen molar-refractivity contribution < 1.29 is 9.59 Å². The Morgan fingerprint density at radius 3 is 2.40 bits per heavy atom. The highest BCUT2D eigenvalue weighted by Crippen LogP contribution is 2.24. The first kappa shape index (κ1) is 23.7. The van der Waals surface area contributed by atoms with Crippen LogP contribution >= 0.6 is 0 Å². The van der Waals surface area contributed by atoms with E-state index in [1.807, 2.05) is 91.3 Å². The first-order valence-corrected chi connectivity index (χ1v) is 11.4. The molecule has 0 spiro atoms. The lowest BCUT2D eigenvalue weighted by Crippen LogP contribution is -2.38. The van der Waals surface area contributed by atoms with Gasteiger partial charge in [-0.1, -0.05) is 66.2 Å². The fourth-order valence-corrected chi connectivity index (χ4v) is 3.78. The Kier molecular flexibility index (Phi) is 7.21. The molecule has 1 heterocycles. The largest absolute Gasteiger partial charge is 0.326 e. The minimum absolute atomic E-state index is 0.125. The van der Waals surface area contributed by atoms with Gasteiger partial charge in [-0.05, 0) is 43.7 Å². The fourth-order valence-electron chi connectivity index (χ4n) is 3.78. The van der Waals surface area contributed by atoms with Gasteiger partial charge in [0, 0.05) is 29.6 Å². The summed E-state index contributed by atoms with van der Waals surface area (Å²) in [5.74, 6) is -0.181. The van der Waals surface area contributed by atoms with E-state index in [1.54, 1.807) is 18.2 Å². The molecule has 0 saturated carbocycles. The van der Waals surface area contributed by atoms with Crippen molar-refractivity contribution in [2.45, 2.75) is 13.8 Å². The van der Waals surface area contributed by atoms with E-state index in [9.17, 15) is 9.59 Å². The standard InChI is InChI=1S/C29H28N4O2/c1-4-17-32(28(35)24-15-13-21(2)14-16-24)20-27(34)31-29-30-26(23-10-6-5-7-11-23)19-33(29)25-12-8-9-22(3)18-25/h4-16,18-19H,1,17,20H2,2-3H3,(H,30,31,34). The molecule has 6 heteroatoms. The van der Waals surface area contributed by atoms with Gasteiger partial charge in [0.25, 0.3) is 5.91 Å². The number of nitrogens with zero attached hydrogens (tertiary/aromatic N) is 3. The number of rotatable bonds is 8. The van der Waals surface area contributed by atoms with Crippen molar-refractivity contribution in [1.82, 2.24) is 14.5 Å². The molecular formula is C29H28N4O2. The third-order valence-electron chi connectivity index (χ3n) is 5.58. The highest BCUT2D eigenvalue weighted by atomic mass is 16.2. The van der Waals surface area contributed by atoms with Crippen molar-refractivity contribution in [2.24, 2.45) is 0 Å². The monoisotopic (exact) mass is 464 g/mol. The molecule has 4 aromatic rings.